The van der Waals surface area contributed by atoms with Crippen molar-refractivity contribution in [1.29, 1.82) is 0 Å². The molecule has 0 aromatic carbocycles. The van der Waals surface area contributed by atoms with Crippen molar-refractivity contribution < 1.29 is 0 Å². The van der Waals surface area contributed by atoms with Gasteiger partial charge in [-0.2, -0.15) is 0 Å². The Bertz CT molecular complexity index is 441. The van der Waals surface area contributed by atoms with Gasteiger partial charge in [-0.3, -0.25) is 0 Å². The van der Waals surface area contributed by atoms with Crippen LogP contribution >= 0.6 is 7.26 Å². The first kappa shape index (κ1) is 35.6. The number of rotatable bonds is 25. The third-order valence-electron chi connectivity index (χ3n) is 8.54. The molecule has 0 radical (unpaired) electrons. The second-order valence-corrected chi connectivity index (χ2v) is 25.1. The topological polar surface area (TPSA) is 0 Å². The zero-order valence-corrected chi connectivity index (χ0v) is 28.6. The van der Waals surface area contributed by atoms with Crippen molar-refractivity contribution in [3.8, 4) is 0 Å². The molecule has 0 heterocycles. The van der Waals surface area contributed by atoms with Crippen molar-refractivity contribution in [3.05, 3.63) is 0 Å². The average molecular weight is 529 g/mol. The van der Waals surface area contributed by atoms with Gasteiger partial charge in [-0.1, -0.05) is 0 Å². The Morgan fingerprint density at radius 2 is 0.829 bits per heavy atom. The predicted molar refractivity (Wildman–Crippen MR) is 174 cm³/mol. The van der Waals surface area contributed by atoms with E-state index in [0.717, 1.165) is 17.1 Å². The van der Waals surface area contributed by atoms with Gasteiger partial charge in [0.15, 0.2) is 0 Å². The van der Waals surface area contributed by atoms with Crippen LogP contribution in [0.15, 0.2) is 0 Å². The van der Waals surface area contributed by atoms with Gasteiger partial charge in [-0.15, -0.1) is 0 Å². The third-order valence-corrected chi connectivity index (χ3v) is 21.7. The van der Waals surface area contributed by atoms with Crippen LogP contribution in [0.4, 0.5) is 0 Å². The van der Waals surface area contributed by atoms with E-state index in [1.165, 1.54) is 109 Å². The molecule has 0 aliphatic heterocycles. The van der Waals surface area contributed by atoms with Crippen LogP contribution in [0.1, 0.15) is 157 Å². The zero-order chi connectivity index (χ0) is 26.6. The first-order valence-electron chi connectivity index (χ1n) is 16.6. The molecular formula is C33H73PSi. The fourth-order valence-corrected chi connectivity index (χ4v) is 23.4. The van der Waals surface area contributed by atoms with Gasteiger partial charge in [-0.25, -0.2) is 0 Å². The molecule has 0 amide bonds. The van der Waals surface area contributed by atoms with Crippen molar-refractivity contribution in [1.82, 2.24) is 0 Å². The molecule has 1 unspecified atom stereocenters. The van der Waals surface area contributed by atoms with E-state index < -0.39 is 15.3 Å². The van der Waals surface area contributed by atoms with Gasteiger partial charge < -0.3 is 0 Å². The molecule has 0 saturated heterocycles. The normalized spacial score (nSPS) is 14.3. The zero-order valence-electron chi connectivity index (χ0n) is 26.6. The predicted octanol–water partition coefficient (Wildman–Crippen LogP) is 12.4. The quantitative estimate of drug-likeness (QED) is 0.0627. The Hall–Kier alpha value is 0.647. The molecule has 0 aromatic heterocycles. The van der Waals surface area contributed by atoms with E-state index in [4.69, 9.17) is 0 Å². The second-order valence-electron chi connectivity index (χ2n) is 14.3. The van der Waals surface area contributed by atoms with E-state index in [0.29, 0.717) is 0 Å². The molecule has 2 heteroatoms. The summed E-state index contributed by atoms with van der Waals surface area (Å²) in [5.41, 5.74) is 0. The van der Waals surface area contributed by atoms with Crippen molar-refractivity contribution in [2.24, 2.45) is 11.8 Å². The van der Waals surface area contributed by atoms with Gasteiger partial charge in [0.2, 0.25) is 0 Å². The van der Waals surface area contributed by atoms with Crippen LogP contribution in [-0.2, 0) is 0 Å². The Morgan fingerprint density at radius 3 is 1.17 bits per heavy atom. The molecule has 0 fully saturated rings. The molecule has 0 aromatic rings. The Balaban J connectivity index is 5.05. The van der Waals surface area contributed by atoms with Crippen LogP contribution in [0.5, 0.6) is 0 Å². The fourth-order valence-electron chi connectivity index (χ4n) is 7.30. The molecule has 1 atom stereocenters. The van der Waals surface area contributed by atoms with Crippen LogP contribution in [0.3, 0.4) is 0 Å². The van der Waals surface area contributed by atoms with Crippen LogP contribution < -0.4 is 0 Å². The molecule has 35 heavy (non-hydrogen) atoms. The molecule has 0 N–H and O–H groups in total. The molecule has 0 saturated carbocycles. The van der Waals surface area contributed by atoms with Crippen LogP contribution in [0.25, 0.3) is 0 Å². The number of unbranched alkanes of at least 4 members (excludes halogenated alkanes) is 15. The summed E-state index contributed by atoms with van der Waals surface area (Å²) in [5.74, 6) is 1.77. The summed E-state index contributed by atoms with van der Waals surface area (Å²) in [6.45, 7) is 23.0. The first-order chi connectivity index (χ1) is 16.6. The van der Waals surface area contributed by atoms with Gasteiger partial charge in [-0.05, 0) is 0 Å². The monoisotopic (exact) mass is 529 g/mol. The van der Waals surface area contributed by atoms with E-state index in [-0.39, 0.29) is 0 Å². The molecule has 0 spiro atoms. The summed E-state index contributed by atoms with van der Waals surface area (Å²) in [4.78, 5) is 0. The van der Waals surface area contributed by atoms with Gasteiger partial charge in [0.25, 0.3) is 0 Å². The van der Waals surface area contributed by atoms with Crippen molar-refractivity contribution >= 4 is 15.3 Å². The maximum atomic E-state index is 2.74. The van der Waals surface area contributed by atoms with E-state index in [1.54, 1.807) is 24.9 Å². The van der Waals surface area contributed by atoms with Gasteiger partial charge in [0.1, 0.15) is 0 Å². The van der Waals surface area contributed by atoms with E-state index in [9.17, 15) is 0 Å². The SMILES string of the molecule is CCCCCCCCCCCC([Si](C)(C)C)[PH](CCCCCCCCCC)(CC(C)C)CC(C)C. The van der Waals surface area contributed by atoms with Crippen molar-refractivity contribution in [2.45, 2.75) is 182 Å². The van der Waals surface area contributed by atoms with Crippen LogP contribution in [0, 0.1) is 11.8 Å². The summed E-state index contributed by atoms with van der Waals surface area (Å²) >= 11 is 0. The van der Waals surface area contributed by atoms with Gasteiger partial charge in [0, 0.05) is 0 Å². The third kappa shape index (κ3) is 18.5. The molecular weight excluding hydrogens is 455 g/mol. The van der Waals surface area contributed by atoms with Crippen LogP contribution in [-0.4, -0.2) is 31.8 Å². The minimum absolute atomic E-state index is 0.886. The molecule has 0 nitrogen and oxygen atoms in total. The number of hydrogen-bond donors (Lipinski definition) is 0. The van der Waals surface area contributed by atoms with Crippen molar-refractivity contribution in [3.63, 3.8) is 0 Å². The molecule has 0 bridgehead atoms. The van der Waals surface area contributed by atoms with Crippen LogP contribution in [0.2, 0.25) is 19.6 Å². The molecule has 0 rings (SSSR count). The summed E-state index contributed by atoms with van der Waals surface area (Å²) < 4.78 is 0. The summed E-state index contributed by atoms with van der Waals surface area (Å²) in [6, 6.07) is 0. The standard InChI is InChI=1S/C33H73PSi/c1-10-12-14-16-18-20-21-23-25-27-33(35(7,8)9)34(29-31(3)4,30-32(5)6)28-26-24-22-19-17-15-13-11-2/h31-34H,10-30H2,1-9H3. The first-order valence-corrected chi connectivity index (χ1v) is 22.9. The maximum absolute atomic E-state index is 2.74. The summed E-state index contributed by atoms with van der Waals surface area (Å²) in [6.07, 6.45) is 31.4. The Morgan fingerprint density at radius 1 is 0.486 bits per heavy atom. The molecule has 0 aliphatic rings. The van der Waals surface area contributed by atoms with E-state index in [2.05, 4.69) is 61.2 Å². The van der Waals surface area contributed by atoms with E-state index in [1.807, 2.05) is 0 Å². The van der Waals surface area contributed by atoms with Gasteiger partial charge in [0.05, 0.1) is 0 Å². The Kier molecular flexibility index (Phi) is 22.0. The molecule has 0 aliphatic carbocycles. The minimum atomic E-state index is -1.30. The fraction of sp³-hybridized carbons (Fsp3) is 1.00. The number of hydrogen-bond acceptors (Lipinski definition) is 0. The average Bonchev–Trinajstić information content (AvgIpc) is 2.75. The van der Waals surface area contributed by atoms with Crippen molar-refractivity contribution in [2.75, 3.05) is 18.5 Å². The second kappa shape index (κ2) is 21.6. The summed E-state index contributed by atoms with van der Waals surface area (Å²) in [5, 5.41) is 1.13. The van der Waals surface area contributed by atoms with E-state index >= 15 is 0 Å². The summed E-state index contributed by atoms with van der Waals surface area (Å²) in [7, 11) is -2.47. The molecule has 214 valence electrons. The Labute approximate surface area is 227 Å². The van der Waals surface area contributed by atoms with Gasteiger partial charge >= 0.3 is 228 Å².